The molecule has 2 nitrogen and oxygen atoms in total. The summed E-state index contributed by atoms with van der Waals surface area (Å²) in [4.78, 5) is 12.8. The fourth-order valence-electron chi connectivity index (χ4n) is 3.93. The fraction of sp³-hybridized carbons (Fsp3) is 0.250. The number of aryl methyl sites for hydroxylation is 3. The Morgan fingerprint density at radius 3 is 1.97 bits per heavy atom. The summed E-state index contributed by atoms with van der Waals surface area (Å²) in [6.07, 6.45) is -4.04. The van der Waals surface area contributed by atoms with E-state index in [1.54, 1.807) is 49.4 Å². The highest BCUT2D eigenvalue weighted by Gasteiger charge is 2.57. The molecule has 0 fully saturated rings. The number of halogens is 3. The minimum Gasteiger partial charge on any atom is -0.372 e. The van der Waals surface area contributed by atoms with Crippen LogP contribution in [0, 0.1) is 20.8 Å². The van der Waals surface area contributed by atoms with Crippen molar-refractivity contribution in [3.05, 3.63) is 112 Å². The van der Waals surface area contributed by atoms with Crippen molar-refractivity contribution in [3.63, 3.8) is 0 Å². The van der Waals surface area contributed by atoms with Crippen LogP contribution in [0.1, 0.15) is 51.0 Å². The van der Waals surface area contributed by atoms with Crippen LogP contribution in [-0.2, 0) is 5.60 Å². The van der Waals surface area contributed by atoms with Crippen molar-refractivity contribution in [3.8, 4) is 0 Å². The molecule has 0 amide bonds. The summed E-state index contributed by atoms with van der Waals surface area (Å²) in [5.74, 6) is -0.275. The van der Waals surface area contributed by atoms with E-state index in [-0.39, 0.29) is 29.8 Å². The molecule has 0 aromatic heterocycles. The van der Waals surface area contributed by atoms with Crippen LogP contribution >= 0.6 is 0 Å². The van der Waals surface area contributed by atoms with Gasteiger partial charge in [-0.25, -0.2) is 0 Å². The van der Waals surface area contributed by atoms with E-state index < -0.39 is 11.8 Å². The Bertz CT molecular complexity index is 1180. The van der Waals surface area contributed by atoms with Crippen LogP contribution in [0.25, 0.3) is 6.08 Å². The summed E-state index contributed by atoms with van der Waals surface area (Å²) in [5, 5.41) is 11.3. The Balaban J connectivity index is 2.09. The molecular formula is C28H27F3O2. The fourth-order valence-corrected chi connectivity index (χ4v) is 3.93. The average Bonchev–Trinajstić information content (AvgIpc) is 2.75. The zero-order valence-corrected chi connectivity index (χ0v) is 18.9. The van der Waals surface area contributed by atoms with Gasteiger partial charge in [0.2, 0.25) is 5.60 Å². The monoisotopic (exact) mass is 452 g/mol. The van der Waals surface area contributed by atoms with Crippen LogP contribution in [-0.4, -0.2) is 17.1 Å². The van der Waals surface area contributed by atoms with Crippen LogP contribution < -0.4 is 0 Å². The van der Waals surface area contributed by atoms with Gasteiger partial charge in [-0.1, -0.05) is 89.5 Å². The maximum atomic E-state index is 14.5. The van der Waals surface area contributed by atoms with E-state index in [2.05, 4.69) is 0 Å². The Kier molecular flexibility index (Phi) is 7.23. The van der Waals surface area contributed by atoms with Crippen molar-refractivity contribution in [1.29, 1.82) is 0 Å². The minimum absolute atomic E-state index is 0.161. The van der Waals surface area contributed by atoms with Crippen LogP contribution in [0.2, 0.25) is 0 Å². The molecule has 3 aromatic rings. The molecule has 0 radical (unpaired) electrons. The second kappa shape index (κ2) is 9.75. The molecular weight excluding hydrogens is 425 g/mol. The van der Waals surface area contributed by atoms with E-state index in [9.17, 15) is 23.1 Å². The SMILES string of the molecule is Cc1cccc(/C=C(\CCC(=O)c2cccc(C)c2)C(O)(c2cccc(C)c2)C(F)(F)F)c1. The summed E-state index contributed by atoms with van der Waals surface area (Å²) in [5.41, 5.74) is -0.423. The van der Waals surface area contributed by atoms with Gasteiger partial charge in [0.15, 0.2) is 5.78 Å². The van der Waals surface area contributed by atoms with E-state index >= 15 is 0 Å². The van der Waals surface area contributed by atoms with Crippen molar-refractivity contribution in [1.82, 2.24) is 0 Å². The van der Waals surface area contributed by atoms with E-state index in [0.29, 0.717) is 16.7 Å². The molecule has 172 valence electrons. The van der Waals surface area contributed by atoms with Gasteiger partial charge in [-0.3, -0.25) is 4.79 Å². The first-order valence-corrected chi connectivity index (χ1v) is 10.7. The molecule has 0 aliphatic rings. The topological polar surface area (TPSA) is 37.3 Å². The van der Waals surface area contributed by atoms with Crippen molar-refractivity contribution < 1.29 is 23.1 Å². The van der Waals surface area contributed by atoms with E-state index in [4.69, 9.17) is 0 Å². The molecule has 0 bridgehead atoms. The molecule has 0 saturated heterocycles. The summed E-state index contributed by atoms with van der Waals surface area (Å²) in [7, 11) is 0. The maximum absolute atomic E-state index is 14.5. The highest BCUT2D eigenvalue weighted by atomic mass is 19.4. The van der Waals surface area contributed by atoms with Gasteiger partial charge in [-0.05, 0) is 50.0 Å². The van der Waals surface area contributed by atoms with Crippen LogP contribution in [0.4, 0.5) is 13.2 Å². The molecule has 0 saturated carbocycles. The summed E-state index contributed by atoms with van der Waals surface area (Å²) in [6.45, 7) is 5.36. The summed E-state index contributed by atoms with van der Waals surface area (Å²) >= 11 is 0. The van der Waals surface area contributed by atoms with Crippen molar-refractivity contribution in [2.24, 2.45) is 0 Å². The van der Waals surface area contributed by atoms with Crippen LogP contribution in [0.5, 0.6) is 0 Å². The quantitative estimate of drug-likeness (QED) is 0.388. The normalized spacial score (nSPS) is 14.1. The minimum atomic E-state index is -4.98. The maximum Gasteiger partial charge on any atom is 0.425 e. The predicted octanol–water partition coefficient (Wildman–Crippen LogP) is 7.11. The zero-order valence-electron chi connectivity index (χ0n) is 18.9. The van der Waals surface area contributed by atoms with Gasteiger partial charge in [0.05, 0.1) is 0 Å². The third-order valence-corrected chi connectivity index (χ3v) is 5.66. The standard InChI is InChI=1S/C28H27F3O2/c1-19-7-4-10-22(15-19)18-25(13-14-26(32)23-11-5-8-20(2)16-23)27(33,28(29,30)31)24-12-6-9-21(3)17-24/h4-12,15-18,33H,13-14H2,1-3H3/b25-18+. The molecule has 3 rings (SSSR count). The highest BCUT2D eigenvalue weighted by molar-refractivity contribution is 5.96. The summed E-state index contributed by atoms with van der Waals surface area (Å²) in [6, 6.07) is 19.7. The second-order valence-electron chi connectivity index (χ2n) is 8.45. The lowest BCUT2D eigenvalue weighted by Gasteiger charge is -2.34. The van der Waals surface area contributed by atoms with Gasteiger partial charge in [0.25, 0.3) is 0 Å². The Morgan fingerprint density at radius 2 is 1.39 bits per heavy atom. The third kappa shape index (κ3) is 5.60. The first kappa shape index (κ1) is 24.5. The molecule has 3 aromatic carbocycles. The number of carbonyl (C=O) groups is 1. The first-order valence-electron chi connectivity index (χ1n) is 10.7. The zero-order chi connectivity index (χ0) is 24.2. The van der Waals surface area contributed by atoms with E-state index in [0.717, 1.165) is 11.1 Å². The Hall–Kier alpha value is -3.18. The molecule has 0 spiro atoms. The second-order valence-corrected chi connectivity index (χ2v) is 8.45. The molecule has 0 aliphatic heterocycles. The highest BCUT2D eigenvalue weighted by Crippen LogP contribution is 2.46. The van der Waals surface area contributed by atoms with Crippen molar-refractivity contribution in [2.45, 2.75) is 45.4 Å². The molecule has 33 heavy (non-hydrogen) atoms. The van der Waals surface area contributed by atoms with Crippen LogP contribution in [0.3, 0.4) is 0 Å². The van der Waals surface area contributed by atoms with Crippen molar-refractivity contribution >= 4 is 11.9 Å². The Labute approximate surface area is 192 Å². The predicted molar refractivity (Wildman–Crippen MR) is 125 cm³/mol. The van der Waals surface area contributed by atoms with Gasteiger partial charge in [0, 0.05) is 12.0 Å². The number of rotatable bonds is 7. The molecule has 1 N–H and O–H groups in total. The number of alkyl halides is 3. The average molecular weight is 453 g/mol. The number of Topliss-reactive ketones (excluding diaryl/α,β-unsaturated/α-hetero) is 1. The number of hydrogen-bond donors (Lipinski definition) is 1. The van der Waals surface area contributed by atoms with Gasteiger partial charge in [0.1, 0.15) is 0 Å². The lowest BCUT2D eigenvalue weighted by molar-refractivity contribution is -0.250. The number of ketones is 1. The lowest BCUT2D eigenvalue weighted by Crippen LogP contribution is -2.44. The Morgan fingerprint density at radius 1 is 0.818 bits per heavy atom. The molecule has 0 heterocycles. The van der Waals surface area contributed by atoms with Crippen molar-refractivity contribution in [2.75, 3.05) is 0 Å². The van der Waals surface area contributed by atoms with E-state index in [1.807, 2.05) is 26.0 Å². The third-order valence-electron chi connectivity index (χ3n) is 5.66. The van der Waals surface area contributed by atoms with E-state index in [1.165, 1.54) is 24.3 Å². The number of benzene rings is 3. The first-order chi connectivity index (χ1) is 15.5. The number of carbonyl (C=O) groups excluding carboxylic acids is 1. The molecule has 1 unspecified atom stereocenters. The van der Waals surface area contributed by atoms with Gasteiger partial charge >= 0.3 is 6.18 Å². The largest absolute Gasteiger partial charge is 0.425 e. The van der Waals surface area contributed by atoms with Gasteiger partial charge in [-0.2, -0.15) is 13.2 Å². The van der Waals surface area contributed by atoms with Gasteiger partial charge < -0.3 is 5.11 Å². The smallest absolute Gasteiger partial charge is 0.372 e. The molecule has 0 aliphatic carbocycles. The number of aliphatic hydroxyl groups is 1. The molecule has 1 atom stereocenters. The molecule has 5 heteroatoms. The van der Waals surface area contributed by atoms with Crippen LogP contribution in [0.15, 0.2) is 78.4 Å². The number of hydrogen-bond acceptors (Lipinski definition) is 2. The summed E-state index contributed by atoms with van der Waals surface area (Å²) < 4.78 is 43.4. The lowest BCUT2D eigenvalue weighted by atomic mass is 9.81. The van der Waals surface area contributed by atoms with Gasteiger partial charge in [-0.15, -0.1) is 0 Å².